The van der Waals surface area contributed by atoms with Crippen molar-refractivity contribution in [2.24, 2.45) is 18.0 Å². The van der Waals surface area contributed by atoms with Gasteiger partial charge in [-0.3, -0.25) is 4.68 Å². The first kappa shape index (κ1) is 20.2. The van der Waals surface area contributed by atoms with Crippen LogP contribution in [0.1, 0.15) is 31.9 Å². The topological polar surface area (TPSA) is 54.7 Å². The van der Waals surface area contributed by atoms with Crippen molar-refractivity contribution >= 4 is 29.9 Å². The van der Waals surface area contributed by atoms with Crippen LogP contribution in [0.15, 0.2) is 17.3 Å². The van der Waals surface area contributed by atoms with Crippen LogP contribution in [-0.4, -0.2) is 54.0 Å². The smallest absolute Gasteiger partial charge is 0.194 e. The molecule has 0 bridgehead atoms. The first-order valence-electron chi connectivity index (χ1n) is 8.24. The van der Waals surface area contributed by atoms with Gasteiger partial charge in [-0.2, -0.15) is 5.10 Å². The van der Waals surface area contributed by atoms with Crippen LogP contribution < -0.4 is 5.32 Å². The zero-order valence-corrected chi connectivity index (χ0v) is 16.8. The first-order valence-corrected chi connectivity index (χ1v) is 8.24. The van der Waals surface area contributed by atoms with Gasteiger partial charge < -0.3 is 15.0 Å². The number of aliphatic imine (C=N–C) groups is 1. The van der Waals surface area contributed by atoms with E-state index in [4.69, 9.17) is 9.73 Å². The second kappa shape index (κ2) is 10.9. The van der Waals surface area contributed by atoms with Crippen LogP contribution in [0.3, 0.4) is 0 Å². The summed E-state index contributed by atoms with van der Waals surface area (Å²) in [7, 11) is 4.07. The molecule has 0 radical (unpaired) electrons. The van der Waals surface area contributed by atoms with E-state index >= 15 is 0 Å². The van der Waals surface area contributed by atoms with Crippen molar-refractivity contribution in [3.8, 4) is 0 Å². The number of halogens is 1. The largest absolute Gasteiger partial charge is 0.381 e. The van der Waals surface area contributed by atoms with Gasteiger partial charge >= 0.3 is 0 Å². The summed E-state index contributed by atoms with van der Waals surface area (Å²) in [5, 5.41) is 7.56. The fraction of sp³-hybridized carbons (Fsp3) is 0.750. The lowest BCUT2D eigenvalue weighted by Gasteiger charge is -2.26. The Morgan fingerprint density at radius 3 is 2.83 bits per heavy atom. The highest BCUT2D eigenvalue weighted by Crippen LogP contribution is 2.18. The number of nitrogens with one attached hydrogen (secondary N) is 1. The summed E-state index contributed by atoms with van der Waals surface area (Å²) in [5.74, 6) is 1.76. The average molecular weight is 435 g/mol. The minimum absolute atomic E-state index is 0. The van der Waals surface area contributed by atoms with Crippen molar-refractivity contribution in [1.29, 1.82) is 0 Å². The predicted octanol–water partition coefficient (Wildman–Crippen LogP) is 2.25. The molecule has 7 heteroatoms. The molecule has 0 aliphatic carbocycles. The standard InChI is InChI=1S/C16H29N5O.HI/c1-4-17-16(18-13-15-5-9-19-21(15)3)20(2)10-6-14-7-11-22-12-8-14;/h5,9,14H,4,6-8,10-13H2,1-3H3,(H,17,18);1H. The molecule has 1 aliphatic rings. The van der Waals surface area contributed by atoms with Gasteiger partial charge in [0, 0.05) is 46.6 Å². The van der Waals surface area contributed by atoms with Crippen molar-refractivity contribution in [1.82, 2.24) is 20.0 Å². The fourth-order valence-corrected chi connectivity index (χ4v) is 2.70. The number of hydrogen-bond donors (Lipinski definition) is 1. The first-order chi connectivity index (χ1) is 10.7. The quantitative estimate of drug-likeness (QED) is 0.423. The molecule has 1 N–H and O–H groups in total. The maximum Gasteiger partial charge on any atom is 0.194 e. The lowest BCUT2D eigenvalue weighted by Crippen LogP contribution is -2.40. The summed E-state index contributed by atoms with van der Waals surface area (Å²) < 4.78 is 7.30. The molecule has 0 aromatic carbocycles. The molecule has 23 heavy (non-hydrogen) atoms. The second-order valence-corrected chi connectivity index (χ2v) is 5.88. The van der Waals surface area contributed by atoms with Gasteiger partial charge in [0.2, 0.25) is 0 Å². The van der Waals surface area contributed by atoms with Crippen molar-refractivity contribution < 1.29 is 4.74 Å². The van der Waals surface area contributed by atoms with Crippen molar-refractivity contribution in [2.75, 3.05) is 33.4 Å². The molecule has 0 spiro atoms. The van der Waals surface area contributed by atoms with E-state index in [9.17, 15) is 0 Å². The average Bonchev–Trinajstić information content (AvgIpc) is 2.95. The summed E-state index contributed by atoms with van der Waals surface area (Å²) in [5.41, 5.74) is 1.12. The van der Waals surface area contributed by atoms with Crippen LogP contribution in [0, 0.1) is 5.92 Å². The van der Waals surface area contributed by atoms with E-state index in [1.807, 2.05) is 24.0 Å². The molecule has 132 valence electrons. The van der Waals surface area contributed by atoms with Crippen LogP contribution in [0.25, 0.3) is 0 Å². The van der Waals surface area contributed by atoms with Crippen LogP contribution in [0.4, 0.5) is 0 Å². The lowest BCUT2D eigenvalue weighted by atomic mass is 9.96. The highest BCUT2D eigenvalue weighted by Gasteiger charge is 2.15. The summed E-state index contributed by atoms with van der Waals surface area (Å²) >= 11 is 0. The maximum atomic E-state index is 5.43. The number of aryl methyl sites for hydroxylation is 1. The lowest BCUT2D eigenvalue weighted by molar-refractivity contribution is 0.0625. The number of aromatic nitrogens is 2. The number of ether oxygens (including phenoxy) is 1. The summed E-state index contributed by atoms with van der Waals surface area (Å²) in [4.78, 5) is 6.96. The van der Waals surface area contributed by atoms with Crippen LogP contribution in [0.5, 0.6) is 0 Å². The van der Waals surface area contributed by atoms with Crippen LogP contribution in [0.2, 0.25) is 0 Å². The monoisotopic (exact) mass is 435 g/mol. The molecular weight excluding hydrogens is 405 g/mol. The van der Waals surface area contributed by atoms with Crippen molar-refractivity contribution in [3.63, 3.8) is 0 Å². The maximum absolute atomic E-state index is 5.43. The van der Waals surface area contributed by atoms with Gasteiger partial charge in [0.15, 0.2) is 5.96 Å². The van der Waals surface area contributed by atoms with Gasteiger partial charge in [-0.15, -0.1) is 24.0 Å². The van der Waals surface area contributed by atoms with Gasteiger partial charge in [0.05, 0.1) is 12.2 Å². The highest BCUT2D eigenvalue weighted by molar-refractivity contribution is 14.0. The third-order valence-corrected chi connectivity index (χ3v) is 4.22. The number of rotatable bonds is 6. The Balaban J connectivity index is 0.00000264. The molecular formula is C16H30IN5O. The van der Waals surface area contributed by atoms with Crippen LogP contribution in [-0.2, 0) is 18.3 Å². The Morgan fingerprint density at radius 1 is 1.48 bits per heavy atom. The van der Waals surface area contributed by atoms with E-state index in [2.05, 4.69) is 29.3 Å². The molecule has 1 fully saturated rings. The number of guanidine groups is 1. The van der Waals surface area contributed by atoms with E-state index in [0.29, 0.717) is 6.54 Å². The zero-order valence-electron chi connectivity index (χ0n) is 14.5. The summed E-state index contributed by atoms with van der Waals surface area (Å²) in [6.07, 6.45) is 5.40. The molecule has 0 amide bonds. The van der Waals surface area contributed by atoms with Gasteiger partial charge in [0.25, 0.3) is 0 Å². The predicted molar refractivity (Wildman–Crippen MR) is 104 cm³/mol. The number of nitrogens with zero attached hydrogens (tertiary/aromatic N) is 4. The molecule has 0 unspecified atom stereocenters. The molecule has 0 atom stereocenters. The Bertz CT molecular complexity index is 471. The zero-order chi connectivity index (χ0) is 15.8. The Labute approximate surface area is 156 Å². The molecule has 2 rings (SSSR count). The molecule has 1 saturated heterocycles. The molecule has 1 aromatic rings. The molecule has 2 heterocycles. The Morgan fingerprint density at radius 2 is 2.22 bits per heavy atom. The molecule has 6 nitrogen and oxygen atoms in total. The van der Waals surface area contributed by atoms with E-state index in [-0.39, 0.29) is 24.0 Å². The normalized spacial score (nSPS) is 16.0. The third-order valence-electron chi connectivity index (χ3n) is 4.22. The Kier molecular flexibility index (Phi) is 9.54. The highest BCUT2D eigenvalue weighted by atomic mass is 127. The fourth-order valence-electron chi connectivity index (χ4n) is 2.70. The van der Waals surface area contributed by atoms with Gasteiger partial charge in [-0.05, 0) is 38.2 Å². The van der Waals surface area contributed by atoms with Crippen molar-refractivity contribution in [3.05, 3.63) is 18.0 Å². The third kappa shape index (κ3) is 6.66. The molecule has 1 aromatic heterocycles. The SMILES string of the molecule is CCNC(=NCc1ccnn1C)N(C)CCC1CCOCC1.I. The van der Waals surface area contributed by atoms with E-state index in [1.165, 1.54) is 19.3 Å². The van der Waals surface area contributed by atoms with Gasteiger partial charge in [-0.1, -0.05) is 0 Å². The van der Waals surface area contributed by atoms with Gasteiger partial charge in [0.1, 0.15) is 0 Å². The molecule has 0 saturated carbocycles. The second-order valence-electron chi connectivity index (χ2n) is 5.88. The van der Waals surface area contributed by atoms with Crippen LogP contribution >= 0.6 is 24.0 Å². The van der Waals surface area contributed by atoms with E-state index in [0.717, 1.165) is 43.9 Å². The van der Waals surface area contributed by atoms with E-state index < -0.39 is 0 Å². The van der Waals surface area contributed by atoms with Crippen molar-refractivity contribution in [2.45, 2.75) is 32.7 Å². The van der Waals surface area contributed by atoms with E-state index in [1.54, 1.807) is 0 Å². The summed E-state index contributed by atoms with van der Waals surface area (Å²) in [6.45, 7) is 6.51. The Hall–Kier alpha value is -0.830. The summed E-state index contributed by atoms with van der Waals surface area (Å²) in [6, 6.07) is 2.01. The molecule has 1 aliphatic heterocycles. The van der Waals surface area contributed by atoms with Gasteiger partial charge in [-0.25, -0.2) is 4.99 Å². The number of hydrogen-bond acceptors (Lipinski definition) is 3. The minimum Gasteiger partial charge on any atom is -0.381 e. The minimum atomic E-state index is 0.